The molecule has 10 heteroatoms. The Morgan fingerprint density at radius 2 is 1.88 bits per heavy atom. The van der Waals surface area contributed by atoms with Gasteiger partial charge in [-0.1, -0.05) is 12.1 Å². The zero-order chi connectivity index (χ0) is 22.9. The van der Waals surface area contributed by atoms with E-state index >= 15 is 0 Å². The predicted molar refractivity (Wildman–Crippen MR) is 109 cm³/mol. The molecule has 0 bridgehead atoms. The number of carbonyl (C=O) groups excluding carboxylic acids is 1. The number of ether oxygens (including phenoxy) is 1. The molecular weight excluding hydrogens is 428 g/mol. The summed E-state index contributed by atoms with van der Waals surface area (Å²) in [5.74, 6) is -1.01. The van der Waals surface area contributed by atoms with Gasteiger partial charge in [0.05, 0.1) is 18.4 Å². The van der Waals surface area contributed by atoms with Gasteiger partial charge in [-0.25, -0.2) is 9.37 Å². The molecule has 32 heavy (non-hydrogen) atoms. The summed E-state index contributed by atoms with van der Waals surface area (Å²) in [4.78, 5) is 21.0. The quantitative estimate of drug-likeness (QED) is 0.598. The number of rotatable bonds is 5. The van der Waals surface area contributed by atoms with Crippen molar-refractivity contribution in [3.05, 3.63) is 72.1 Å². The topological polar surface area (TPSA) is 81.3 Å². The van der Waals surface area contributed by atoms with Crippen LogP contribution in [0.2, 0.25) is 0 Å². The van der Waals surface area contributed by atoms with E-state index < -0.39 is 23.6 Å². The second-order valence-electron chi connectivity index (χ2n) is 7.31. The normalized spacial score (nSPS) is 16.2. The fourth-order valence-electron chi connectivity index (χ4n) is 3.57. The van der Waals surface area contributed by atoms with Crippen LogP contribution >= 0.6 is 0 Å². The van der Waals surface area contributed by atoms with E-state index in [1.807, 2.05) is 4.90 Å². The molecule has 0 spiro atoms. The number of nitrogens with zero attached hydrogens (tertiary/aromatic N) is 3. The van der Waals surface area contributed by atoms with Crippen LogP contribution in [0.5, 0.6) is 5.75 Å². The molecule has 1 aliphatic heterocycles. The van der Waals surface area contributed by atoms with Crippen molar-refractivity contribution in [2.24, 2.45) is 5.73 Å². The lowest BCUT2D eigenvalue weighted by Crippen LogP contribution is -2.25. The number of pyridine rings is 2. The van der Waals surface area contributed by atoms with E-state index in [1.165, 1.54) is 30.5 Å². The Morgan fingerprint density at radius 3 is 2.56 bits per heavy atom. The number of hydrogen-bond acceptors (Lipinski definition) is 5. The Morgan fingerprint density at radius 1 is 1.12 bits per heavy atom. The highest BCUT2D eigenvalue weighted by Gasteiger charge is 2.33. The van der Waals surface area contributed by atoms with Gasteiger partial charge in [-0.3, -0.25) is 9.78 Å². The summed E-state index contributed by atoms with van der Waals surface area (Å²) in [5.41, 5.74) is 6.39. The Bertz CT molecular complexity index is 1140. The van der Waals surface area contributed by atoms with Crippen LogP contribution in [0.1, 0.15) is 22.6 Å². The summed E-state index contributed by atoms with van der Waals surface area (Å²) < 4.78 is 57.8. The molecule has 3 heterocycles. The van der Waals surface area contributed by atoms with E-state index in [9.17, 15) is 22.4 Å². The molecule has 166 valence electrons. The third kappa shape index (κ3) is 4.63. The first-order chi connectivity index (χ1) is 15.2. The Balaban J connectivity index is 1.57. The van der Waals surface area contributed by atoms with E-state index in [2.05, 4.69) is 9.97 Å². The smallest absolute Gasteiger partial charge is 0.433 e. The summed E-state index contributed by atoms with van der Waals surface area (Å²) >= 11 is 0. The first-order valence-electron chi connectivity index (χ1n) is 9.71. The molecule has 1 fully saturated rings. The third-order valence-electron chi connectivity index (χ3n) is 5.10. The van der Waals surface area contributed by atoms with Crippen LogP contribution in [0.3, 0.4) is 0 Å². The SMILES string of the molecule is NC(=O)c1cc(-c2ccc(F)cc2)c(N2CCC(Oc3ccnc(C(F)(F)F)c3)C2)cn1. The first kappa shape index (κ1) is 21.5. The number of carbonyl (C=O) groups is 1. The number of nitrogens with two attached hydrogens (primary N) is 1. The number of aromatic nitrogens is 2. The van der Waals surface area contributed by atoms with Crippen molar-refractivity contribution in [3.8, 4) is 16.9 Å². The van der Waals surface area contributed by atoms with Gasteiger partial charge < -0.3 is 15.4 Å². The van der Waals surface area contributed by atoms with Gasteiger partial charge in [-0.2, -0.15) is 13.2 Å². The lowest BCUT2D eigenvalue weighted by molar-refractivity contribution is -0.141. The number of halogens is 4. The number of benzene rings is 1. The van der Waals surface area contributed by atoms with Gasteiger partial charge in [0.1, 0.15) is 29.1 Å². The molecule has 0 radical (unpaired) electrons. The van der Waals surface area contributed by atoms with Gasteiger partial charge >= 0.3 is 6.18 Å². The standard InChI is InChI=1S/C22H18F4N4O2/c23-14-3-1-13(2-4-14)17-10-18(21(27)31)29-11-19(17)30-8-6-16(12-30)32-15-5-7-28-20(9-15)22(24,25)26/h1-5,7,9-11,16H,6,8,12H2,(H2,27,31). The van der Waals surface area contributed by atoms with Crippen molar-refractivity contribution in [1.82, 2.24) is 9.97 Å². The van der Waals surface area contributed by atoms with E-state index in [0.717, 1.165) is 12.3 Å². The molecule has 2 aromatic heterocycles. The molecule has 1 atom stereocenters. The van der Waals surface area contributed by atoms with E-state index in [1.54, 1.807) is 12.1 Å². The zero-order valence-electron chi connectivity index (χ0n) is 16.6. The van der Waals surface area contributed by atoms with Crippen molar-refractivity contribution in [1.29, 1.82) is 0 Å². The van der Waals surface area contributed by atoms with E-state index in [0.29, 0.717) is 36.3 Å². The van der Waals surface area contributed by atoms with Crippen molar-refractivity contribution >= 4 is 11.6 Å². The minimum atomic E-state index is -4.56. The Labute approximate surface area is 180 Å². The summed E-state index contributed by atoms with van der Waals surface area (Å²) in [6, 6.07) is 9.57. The molecule has 1 unspecified atom stereocenters. The molecule has 1 amide bonds. The minimum absolute atomic E-state index is 0.0662. The molecular formula is C22H18F4N4O2. The number of hydrogen-bond donors (Lipinski definition) is 1. The number of primary amides is 1. The van der Waals surface area contributed by atoms with E-state index in [4.69, 9.17) is 10.5 Å². The minimum Gasteiger partial charge on any atom is -0.488 e. The van der Waals surface area contributed by atoms with Crippen LogP contribution < -0.4 is 15.4 Å². The maximum absolute atomic E-state index is 13.4. The number of anilines is 1. The van der Waals surface area contributed by atoms with Gasteiger partial charge in [0.25, 0.3) is 5.91 Å². The van der Waals surface area contributed by atoms with Crippen LogP contribution in [0.25, 0.3) is 11.1 Å². The largest absolute Gasteiger partial charge is 0.488 e. The van der Waals surface area contributed by atoms with Crippen molar-refractivity contribution < 1.29 is 27.1 Å². The summed E-state index contributed by atoms with van der Waals surface area (Å²) in [7, 11) is 0. The summed E-state index contributed by atoms with van der Waals surface area (Å²) in [6.07, 6.45) is -1.79. The molecule has 4 rings (SSSR count). The Kier molecular flexibility index (Phi) is 5.68. The monoisotopic (exact) mass is 446 g/mol. The van der Waals surface area contributed by atoms with Gasteiger partial charge in [0.2, 0.25) is 0 Å². The molecule has 3 aromatic rings. The third-order valence-corrected chi connectivity index (χ3v) is 5.10. The predicted octanol–water partition coefficient (Wildman–Crippen LogP) is 4.06. The van der Waals surface area contributed by atoms with Crippen LogP contribution in [0.4, 0.5) is 23.2 Å². The molecule has 2 N–H and O–H groups in total. The van der Waals surface area contributed by atoms with Crippen LogP contribution in [0, 0.1) is 5.82 Å². The van der Waals surface area contributed by atoms with Crippen LogP contribution in [-0.2, 0) is 6.18 Å². The molecule has 0 saturated carbocycles. The molecule has 6 nitrogen and oxygen atoms in total. The molecule has 1 saturated heterocycles. The number of amides is 1. The first-order valence-corrected chi connectivity index (χ1v) is 9.71. The van der Waals surface area contributed by atoms with E-state index in [-0.39, 0.29) is 17.5 Å². The average molecular weight is 446 g/mol. The highest BCUT2D eigenvalue weighted by molar-refractivity contribution is 5.93. The van der Waals surface area contributed by atoms with Gasteiger partial charge in [-0.05, 0) is 29.8 Å². The highest BCUT2D eigenvalue weighted by Crippen LogP contribution is 2.34. The maximum atomic E-state index is 13.4. The number of alkyl halides is 3. The highest BCUT2D eigenvalue weighted by atomic mass is 19.4. The second-order valence-corrected chi connectivity index (χ2v) is 7.31. The lowest BCUT2D eigenvalue weighted by atomic mass is 10.0. The van der Waals surface area contributed by atoms with Crippen LogP contribution in [0.15, 0.2) is 54.9 Å². The fourth-order valence-corrected chi connectivity index (χ4v) is 3.57. The van der Waals surface area contributed by atoms with Gasteiger partial charge in [-0.15, -0.1) is 0 Å². The maximum Gasteiger partial charge on any atom is 0.433 e. The van der Waals surface area contributed by atoms with Crippen molar-refractivity contribution in [3.63, 3.8) is 0 Å². The molecule has 1 aromatic carbocycles. The van der Waals surface area contributed by atoms with Crippen molar-refractivity contribution in [2.75, 3.05) is 18.0 Å². The summed E-state index contributed by atoms with van der Waals surface area (Å²) in [6.45, 7) is 0.934. The molecule has 1 aliphatic rings. The molecule has 0 aliphatic carbocycles. The second kappa shape index (κ2) is 8.45. The summed E-state index contributed by atoms with van der Waals surface area (Å²) in [5, 5.41) is 0. The fraction of sp³-hybridized carbons (Fsp3) is 0.227. The Hall–Kier alpha value is -3.69. The van der Waals surface area contributed by atoms with Gasteiger partial charge in [0.15, 0.2) is 0 Å². The zero-order valence-corrected chi connectivity index (χ0v) is 16.6. The lowest BCUT2D eigenvalue weighted by Gasteiger charge is -2.22. The van der Waals surface area contributed by atoms with Gasteiger partial charge in [0, 0.05) is 30.8 Å². The average Bonchev–Trinajstić information content (AvgIpc) is 3.21. The van der Waals surface area contributed by atoms with Crippen LogP contribution in [-0.4, -0.2) is 35.1 Å². The van der Waals surface area contributed by atoms with Crippen molar-refractivity contribution in [2.45, 2.75) is 18.7 Å².